The predicted molar refractivity (Wildman–Crippen MR) is 119 cm³/mol. The molecule has 28 heavy (non-hydrogen) atoms. The number of anilines is 1. The highest BCUT2D eigenvalue weighted by molar-refractivity contribution is 6.00. The van der Waals surface area contributed by atoms with Crippen molar-refractivity contribution in [3.05, 3.63) is 72.3 Å². The Balaban J connectivity index is 1.80. The normalized spacial score (nSPS) is 19.0. The first-order valence-corrected chi connectivity index (χ1v) is 10.1. The zero-order valence-electron chi connectivity index (χ0n) is 16.9. The highest BCUT2D eigenvalue weighted by Crippen LogP contribution is 2.24. The number of benzene rings is 2. The van der Waals surface area contributed by atoms with Gasteiger partial charge in [0.25, 0.3) is 0 Å². The van der Waals surface area contributed by atoms with Crippen LogP contribution in [0.5, 0.6) is 0 Å². The van der Waals surface area contributed by atoms with Gasteiger partial charge in [-0.05, 0) is 56.2 Å². The summed E-state index contributed by atoms with van der Waals surface area (Å²) in [6.45, 7) is 7.54. The third kappa shape index (κ3) is 5.44. The standard InChI is InChI=1S/C23H31N5/c1-3-28(4-2)17-11-16-23(24)18-21(19-12-7-5-8-13-19)26-22(27-23)25-20-14-9-6-10-15-20/h5-10,12-15,18H,3-4,11,16-17,24H2,1-2H3,(H2,25,26,27). The van der Waals surface area contributed by atoms with Gasteiger partial charge in [-0.1, -0.05) is 62.4 Å². The lowest BCUT2D eigenvalue weighted by Crippen LogP contribution is -2.46. The van der Waals surface area contributed by atoms with Crippen LogP contribution in [0, 0.1) is 0 Å². The SMILES string of the molecule is CCN(CC)CCCC1(N)C=C(c2ccccc2)NC(Nc2ccccc2)=N1. The average Bonchev–Trinajstić information content (AvgIpc) is 2.72. The van der Waals surface area contributed by atoms with Gasteiger partial charge in [0.2, 0.25) is 5.96 Å². The first kappa shape index (κ1) is 20.1. The van der Waals surface area contributed by atoms with Gasteiger partial charge in [-0.3, -0.25) is 0 Å². The fourth-order valence-electron chi connectivity index (χ4n) is 3.43. The molecule has 1 aliphatic heterocycles. The largest absolute Gasteiger partial charge is 0.326 e. The average molecular weight is 378 g/mol. The van der Waals surface area contributed by atoms with Crippen LogP contribution in [-0.2, 0) is 0 Å². The number of nitrogens with zero attached hydrogens (tertiary/aromatic N) is 2. The zero-order chi connectivity index (χ0) is 19.8. The van der Waals surface area contributed by atoms with Crippen LogP contribution in [-0.4, -0.2) is 36.2 Å². The van der Waals surface area contributed by atoms with Crippen LogP contribution in [0.3, 0.4) is 0 Å². The molecule has 148 valence electrons. The Morgan fingerprint density at radius 3 is 2.29 bits per heavy atom. The van der Waals surface area contributed by atoms with Gasteiger partial charge in [-0.25, -0.2) is 4.99 Å². The van der Waals surface area contributed by atoms with Crippen molar-refractivity contribution in [2.24, 2.45) is 10.7 Å². The van der Waals surface area contributed by atoms with Gasteiger partial charge < -0.3 is 21.3 Å². The smallest absolute Gasteiger partial charge is 0.202 e. The molecule has 5 nitrogen and oxygen atoms in total. The van der Waals surface area contributed by atoms with E-state index < -0.39 is 5.66 Å². The number of nitrogens with two attached hydrogens (primary N) is 1. The van der Waals surface area contributed by atoms with E-state index in [9.17, 15) is 0 Å². The number of guanidine groups is 1. The molecule has 1 unspecified atom stereocenters. The van der Waals surface area contributed by atoms with Gasteiger partial charge in [-0.15, -0.1) is 0 Å². The molecule has 0 radical (unpaired) electrons. The number of nitrogens with one attached hydrogen (secondary N) is 2. The minimum absolute atomic E-state index is 0.679. The maximum atomic E-state index is 6.74. The Bertz CT molecular complexity index is 796. The van der Waals surface area contributed by atoms with E-state index in [1.165, 1.54) is 0 Å². The molecule has 5 heteroatoms. The molecular weight excluding hydrogens is 346 g/mol. The molecule has 2 aromatic carbocycles. The molecule has 0 fully saturated rings. The summed E-state index contributed by atoms with van der Waals surface area (Å²) in [5, 5.41) is 6.77. The molecule has 0 saturated carbocycles. The Morgan fingerprint density at radius 1 is 1.00 bits per heavy atom. The molecule has 4 N–H and O–H groups in total. The van der Waals surface area contributed by atoms with Crippen LogP contribution in [0.4, 0.5) is 5.69 Å². The lowest BCUT2D eigenvalue weighted by atomic mass is 9.99. The number of para-hydroxylation sites is 1. The fourth-order valence-corrected chi connectivity index (χ4v) is 3.43. The second-order valence-electron chi connectivity index (χ2n) is 7.12. The van der Waals surface area contributed by atoms with E-state index in [2.05, 4.69) is 47.6 Å². The van der Waals surface area contributed by atoms with E-state index in [0.717, 1.165) is 49.4 Å². The number of hydrogen-bond acceptors (Lipinski definition) is 5. The van der Waals surface area contributed by atoms with Crippen molar-refractivity contribution in [3.8, 4) is 0 Å². The fraction of sp³-hybridized carbons (Fsp3) is 0.348. The van der Waals surface area contributed by atoms with Crippen LogP contribution in [0.2, 0.25) is 0 Å². The quantitative estimate of drug-likeness (QED) is 0.653. The van der Waals surface area contributed by atoms with Gasteiger partial charge in [0.1, 0.15) is 5.66 Å². The summed E-state index contributed by atoms with van der Waals surface area (Å²) in [5.41, 5.74) is 9.07. The molecule has 2 aromatic rings. The molecule has 3 rings (SSSR count). The summed E-state index contributed by atoms with van der Waals surface area (Å²) in [6, 6.07) is 20.3. The molecule has 0 amide bonds. The van der Waals surface area contributed by atoms with E-state index in [1.807, 2.05) is 48.5 Å². The third-order valence-corrected chi connectivity index (χ3v) is 5.03. The molecule has 1 aliphatic rings. The molecule has 1 heterocycles. The Labute approximate surface area is 168 Å². The zero-order valence-corrected chi connectivity index (χ0v) is 16.9. The second-order valence-corrected chi connectivity index (χ2v) is 7.12. The van der Waals surface area contributed by atoms with Crippen molar-refractivity contribution >= 4 is 17.3 Å². The number of aliphatic imine (C=N–C) groups is 1. The van der Waals surface area contributed by atoms with Gasteiger partial charge in [0.15, 0.2) is 0 Å². The third-order valence-electron chi connectivity index (χ3n) is 5.03. The van der Waals surface area contributed by atoms with Crippen molar-refractivity contribution < 1.29 is 0 Å². The summed E-state index contributed by atoms with van der Waals surface area (Å²) in [6.07, 6.45) is 3.85. The van der Waals surface area contributed by atoms with Crippen molar-refractivity contribution in [1.29, 1.82) is 0 Å². The summed E-state index contributed by atoms with van der Waals surface area (Å²) >= 11 is 0. The molecule has 0 saturated heterocycles. The summed E-state index contributed by atoms with van der Waals surface area (Å²) in [4.78, 5) is 7.23. The lowest BCUT2D eigenvalue weighted by molar-refractivity contribution is 0.287. The molecular formula is C23H31N5. The molecule has 0 spiro atoms. The monoisotopic (exact) mass is 377 g/mol. The van der Waals surface area contributed by atoms with Gasteiger partial charge in [0.05, 0.1) is 0 Å². The topological polar surface area (TPSA) is 65.7 Å². The first-order valence-electron chi connectivity index (χ1n) is 10.1. The number of hydrogen-bond donors (Lipinski definition) is 3. The van der Waals surface area contributed by atoms with Crippen LogP contribution >= 0.6 is 0 Å². The van der Waals surface area contributed by atoms with Gasteiger partial charge >= 0.3 is 0 Å². The van der Waals surface area contributed by atoms with Crippen molar-refractivity contribution in [1.82, 2.24) is 10.2 Å². The lowest BCUT2D eigenvalue weighted by Gasteiger charge is -2.31. The van der Waals surface area contributed by atoms with E-state index in [0.29, 0.717) is 5.96 Å². The first-order chi connectivity index (χ1) is 13.6. The highest BCUT2D eigenvalue weighted by Gasteiger charge is 2.27. The van der Waals surface area contributed by atoms with Crippen LogP contribution < -0.4 is 16.4 Å². The van der Waals surface area contributed by atoms with E-state index >= 15 is 0 Å². The Morgan fingerprint density at radius 2 is 1.64 bits per heavy atom. The van der Waals surface area contributed by atoms with Crippen molar-refractivity contribution in [3.63, 3.8) is 0 Å². The maximum Gasteiger partial charge on any atom is 0.202 e. The predicted octanol–water partition coefficient (Wildman–Crippen LogP) is 3.88. The number of rotatable bonds is 8. The summed E-state index contributed by atoms with van der Waals surface area (Å²) in [7, 11) is 0. The van der Waals surface area contributed by atoms with E-state index in [1.54, 1.807) is 0 Å². The van der Waals surface area contributed by atoms with Crippen molar-refractivity contribution in [2.45, 2.75) is 32.4 Å². The van der Waals surface area contributed by atoms with Crippen molar-refractivity contribution in [2.75, 3.05) is 25.0 Å². The highest BCUT2D eigenvalue weighted by atomic mass is 15.2. The molecule has 0 aliphatic carbocycles. The minimum atomic E-state index is -0.735. The van der Waals surface area contributed by atoms with E-state index in [4.69, 9.17) is 10.7 Å². The minimum Gasteiger partial charge on any atom is -0.326 e. The second kappa shape index (κ2) is 9.53. The van der Waals surface area contributed by atoms with Gasteiger partial charge in [-0.2, -0.15) is 0 Å². The van der Waals surface area contributed by atoms with Gasteiger partial charge in [0, 0.05) is 11.4 Å². The van der Waals surface area contributed by atoms with Crippen LogP contribution in [0.25, 0.3) is 5.70 Å². The van der Waals surface area contributed by atoms with Crippen LogP contribution in [0.15, 0.2) is 71.7 Å². The van der Waals surface area contributed by atoms with Crippen LogP contribution in [0.1, 0.15) is 32.3 Å². The molecule has 0 bridgehead atoms. The molecule has 0 aromatic heterocycles. The summed E-state index contributed by atoms with van der Waals surface area (Å²) < 4.78 is 0. The Kier molecular flexibility index (Phi) is 6.85. The molecule has 1 atom stereocenters. The Hall–Kier alpha value is -2.63. The van der Waals surface area contributed by atoms with E-state index in [-0.39, 0.29) is 0 Å². The summed E-state index contributed by atoms with van der Waals surface area (Å²) in [5.74, 6) is 0.679. The maximum absolute atomic E-state index is 6.74.